The first-order chi connectivity index (χ1) is 8.15. The first-order valence-electron chi connectivity index (χ1n) is 5.69. The summed E-state index contributed by atoms with van der Waals surface area (Å²) in [5.74, 6) is -1.05. The average molecular weight is 253 g/mol. The van der Waals surface area contributed by atoms with Gasteiger partial charge in [-0.25, -0.2) is 0 Å². The third kappa shape index (κ3) is 3.30. The van der Waals surface area contributed by atoms with Crippen LogP contribution in [0.25, 0.3) is 0 Å². The molecule has 1 heterocycles. The second kappa shape index (κ2) is 5.31. The molecule has 1 fully saturated rings. The highest BCUT2D eigenvalue weighted by Crippen LogP contribution is 2.25. The molecule has 2 N–H and O–H groups in total. The van der Waals surface area contributed by atoms with Crippen molar-refractivity contribution in [1.82, 2.24) is 5.32 Å². The minimum atomic E-state index is -0.750. The predicted octanol–water partition coefficient (Wildman–Crippen LogP) is 1.66. The van der Waals surface area contributed by atoms with Crippen molar-refractivity contribution >= 4 is 23.2 Å². The van der Waals surface area contributed by atoms with Crippen LogP contribution in [-0.2, 0) is 16.0 Å². The number of carbonyl (C=O) groups excluding carboxylic acids is 1. The first kappa shape index (κ1) is 12.1. The summed E-state index contributed by atoms with van der Waals surface area (Å²) < 4.78 is 0. The van der Waals surface area contributed by atoms with Gasteiger partial charge in [0.15, 0.2) is 0 Å². The van der Waals surface area contributed by atoms with Crippen LogP contribution in [0, 0.1) is 5.92 Å². The molecule has 5 heteroatoms. The lowest BCUT2D eigenvalue weighted by atomic mass is 10.1. The molecule has 1 amide bonds. The van der Waals surface area contributed by atoms with E-state index >= 15 is 0 Å². The van der Waals surface area contributed by atoms with Crippen molar-refractivity contribution in [3.8, 4) is 0 Å². The van der Waals surface area contributed by atoms with Gasteiger partial charge >= 0.3 is 5.97 Å². The van der Waals surface area contributed by atoms with E-state index in [9.17, 15) is 9.59 Å². The number of rotatable bonds is 4. The third-order valence-corrected chi connectivity index (χ3v) is 3.94. The van der Waals surface area contributed by atoms with Gasteiger partial charge in [0.25, 0.3) is 0 Å². The zero-order chi connectivity index (χ0) is 12.3. The highest BCUT2D eigenvalue weighted by molar-refractivity contribution is 7.10. The van der Waals surface area contributed by atoms with Crippen LogP contribution in [0.4, 0.5) is 0 Å². The molecule has 1 aliphatic rings. The van der Waals surface area contributed by atoms with Gasteiger partial charge in [0.1, 0.15) is 0 Å². The quantitative estimate of drug-likeness (QED) is 0.857. The fourth-order valence-electron chi connectivity index (χ4n) is 2.19. The number of nitrogens with one attached hydrogen (secondary N) is 1. The number of thiophene rings is 1. The van der Waals surface area contributed by atoms with E-state index in [1.165, 1.54) is 0 Å². The zero-order valence-electron chi connectivity index (χ0n) is 9.39. The van der Waals surface area contributed by atoms with Crippen molar-refractivity contribution < 1.29 is 14.7 Å². The molecule has 0 unspecified atom stereocenters. The minimum Gasteiger partial charge on any atom is -0.481 e. The van der Waals surface area contributed by atoms with E-state index in [1.54, 1.807) is 11.3 Å². The Morgan fingerprint density at radius 1 is 1.47 bits per heavy atom. The molecule has 4 nitrogen and oxygen atoms in total. The lowest BCUT2D eigenvalue weighted by Gasteiger charge is -2.11. The molecule has 1 aromatic rings. The molecule has 17 heavy (non-hydrogen) atoms. The Balaban J connectivity index is 1.78. The van der Waals surface area contributed by atoms with E-state index in [4.69, 9.17) is 5.11 Å². The average Bonchev–Trinajstić information content (AvgIpc) is 2.88. The van der Waals surface area contributed by atoms with Crippen LogP contribution in [0.1, 0.15) is 24.1 Å². The largest absolute Gasteiger partial charge is 0.481 e. The van der Waals surface area contributed by atoms with E-state index < -0.39 is 5.97 Å². The van der Waals surface area contributed by atoms with Crippen molar-refractivity contribution in [2.75, 3.05) is 0 Å². The molecule has 2 rings (SSSR count). The maximum absolute atomic E-state index is 11.7. The summed E-state index contributed by atoms with van der Waals surface area (Å²) in [6.45, 7) is 0. The Morgan fingerprint density at radius 3 is 2.88 bits per heavy atom. The van der Waals surface area contributed by atoms with Crippen LogP contribution in [0.3, 0.4) is 0 Å². The van der Waals surface area contributed by atoms with Gasteiger partial charge in [-0.15, -0.1) is 11.3 Å². The summed E-state index contributed by atoms with van der Waals surface area (Å²) in [4.78, 5) is 23.5. The number of carboxylic acids is 1. The number of carbonyl (C=O) groups is 2. The normalized spacial score (nSPS) is 23.5. The van der Waals surface area contributed by atoms with Gasteiger partial charge in [0.05, 0.1) is 12.3 Å². The van der Waals surface area contributed by atoms with Crippen LogP contribution in [0.15, 0.2) is 17.5 Å². The van der Waals surface area contributed by atoms with Gasteiger partial charge < -0.3 is 10.4 Å². The Bertz CT molecular complexity index is 402. The van der Waals surface area contributed by atoms with Crippen molar-refractivity contribution in [3.05, 3.63) is 22.4 Å². The smallest absolute Gasteiger partial charge is 0.306 e. The van der Waals surface area contributed by atoms with Gasteiger partial charge in [-0.1, -0.05) is 6.07 Å². The standard InChI is InChI=1S/C12H15NO3S/c14-11(7-10-2-1-5-17-10)13-9-4-3-8(6-9)12(15)16/h1-2,5,8-9H,3-4,6-7H2,(H,13,14)(H,15,16)/t8-,9+/m0/s1. The molecule has 1 aliphatic carbocycles. The van der Waals surface area contributed by atoms with E-state index in [2.05, 4.69) is 5.32 Å². The second-order valence-corrected chi connectivity index (χ2v) is 5.40. The molecular formula is C12H15NO3S. The van der Waals surface area contributed by atoms with Crippen LogP contribution in [0.5, 0.6) is 0 Å². The molecule has 2 atom stereocenters. The Morgan fingerprint density at radius 2 is 2.29 bits per heavy atom. The molecule has 1 saturated carbocycles. The molecule has 0 radical (unpaired) electrons. The third-order valence-electron chi connectivity index (χ3n) is 3.06. The molecule has 0 bridgehead atoms. The number of aliphatic carboxylic acids is 1. The summed E-state index contributed by atoms with van der Waals surface area (Å²) >= 11 is 1.56. The molecular weight excluding hydrogens is 238 g/mol. The van der Waals surface area contributed by atoms with Gasteiger partial charge in [-0.05, 0) is 30.7 Å². The second-order valence-electron chi connectivity index (χ2n) is 4.37. The van der Waals surface area contributed by atoms with E-state index in [0.717, 1.165) is 11.3 Å². The summed E-state index contributed by atoms with van der Waals surface area (Å²) in [5.41, 5.74) is 0. The fourth-order valence-corrected chi connectivity index (χ4v) is 2.89. The number of amides is 1. The lowest BCUT2D eigenvalue weighted by molar-refractivity contribution is -0.141. The number of hydrogen-bond acceptors (Lipinski definition) is 3. The van der Waals surface area contributed by atoms with Crippen LogP contribution in [0.2, 0.25) is 0 Å². The zero-order valence-corrected chi connectivity index (χ0v) is 10.2. The molecule has 1 aromatic heterocycles. The Kier molecular flexibility index (Phi) is 3.78. The van der Waals surface area contributed by atoms with Crippen LogP contribution in [-0.4, -0.2) is 23.0 Å². The monoisotopic (exact) mass is 253 g/mol. The summed E-state index contributed by atoms with van der Waals surface area (Å²) in [7, 11) is 0. The molecule has 0 aliphatic heterocycles. The molecule has 0 spiro atoms. The lowest BCUT2D eigenvalue weighted by Crippen LogP contribution is -2.34. The Labute approximate surface area is 104 Å². The van der Waals surface area contributed by atoms with E-state index in [1.807, 2.05) is 17.5 Å². The maximum Gasteiger partial charge on any atom is 0.306 e. The summed E-state index contributed by atoms with van der Waals surface area (Å²) in [5, 5.41) is 13.7. The predicted molar refractivity (Wildman–Crippen MR) is 64.9 cm³/mol. The highest BCUT2D eigenvalue weighted by atomic mass is 32.1. The van der Waals surface area contributed by atoms with Crippen molar-refractivity contribution in [1.29, 1.82) is 0 Å². The van der Waals surface area contributed by atoms with Crippen molar-refractivity contribution in [2.45, 2.75) is 31.7 Å². The molecule has 0 aromatic carbocycles. The summed E-state index contributed by atoms with van der Waals surface area (Å²) in [6, 6.07) is 3.88. The topological polar surface area (TPSA) is 66.4 Å². The minimum absolute atomic E-state index is 0.0107. The SMILES string of the molecule is O=C(Cc1cccs1)N[C@@H]1CC[C@H](C(=O)O)C1. The van der Waals surface area contributed by atoms with E-state index in [0.29, 0.717) is 19.3 Å². The van der Waals surface area contributed by atoms with Gasteiger partial charge in [-0.3, -0.25) is 9.59 Å². The fraction of sp³-hybridized carbons (Fsp3) is 0.500. The van der Waals surface area contributed by atoms with Gasteiger partial charge in [-0.2, -0.15) is 0 Å². The van der Waals surface area contributed by atoms with Crippen LogP contribution >= 0.6 is 11.3 Å². The van der Waals surface area contributed by atoms with E-state index in [-0.39, 0.29) is 17.9 Å². The first-order valence-corrected chi connectivity index (χ1v) is 6.57. The molecule has 92 valence electrons. The Hall–Kier alpha value is -1.36. The van der Waals surface area contributed by atoms with Crippen molar-refractivity contribution in [2.24, 2.45) is 5.92 Å². The summed E-state index contributed by atoms with van der Waals surface area (Å²) in [6.07, 6.45) is 2.39. The molecule has 0 saturated heterocycles. The number of hydrogen-bond donors (Lipinski definition) is 2. The maximum atomic E-state index is 11.7. The van der Waals surface area contributed by atoms with Crippen molar-refractivity contribution in [3.63, 3.8) is 0 Å². The van der Waals surface area contributed by atoms with Gasteiger partial charge in [0.2, 0.25) is 5.91 Å². The van der Waals surface area contributed by atoms with Gasteiger partial charge in [0, 0.05) is 10.9 Å². The highest BCUT2D eigenvalue weighted by Gasteiger charge is 2.30. The number of carboxylic acid groups (broad SMARTS) is 1. The van der Waals surface area contributed by atoms with Crippen LogP contribution < -0.4 is 5.32 Å².